The topological polar surface area (TPSA) is 18.5 Å². The third-order valence-corrected chi connectivity index (χ3v) is 11.5. The van der Waals surface area contributed by atoms with Gasteiger partial charge in [-0.2, -0.15) is 0 Å². The van der Waals surface area contributed by atoms with E-state index in [1.54, 1.807) is 0 Å². The second-order valence-electron chi connectivity index (χ2n) is 11.0. The quantitative estimate of drug-likeness (QED) is 0.458. The van der Waals surface area contributed by atoms with Crippen LogP contribution >= 0.6 is 0 Å². The zero-order chi connectivity index (χ0) is 19.5. The summed E-state index contributed by atoms with van der Waals surface area (Å²) >= 11 is 0. The van der Waals surface area contributed by atoms with Gasteiger partial charge in [0.05, 0.1) is 6.10 Å². The van der Waals surface area contributed by atoms with E-state index in [0.29, 0.717) is 5.92 Å². The van der Waals surface area contributed by atoms with E-state index in [9.17, 15) is 0 Å². The summed E-state index contributed by atoms with van der Waals surface area (Å²) in [7, 11) is -3.24. The van der Waals surface area contributed by atoms with E-state index in [0.717, 1.165) is 6.42 Å². The maximum atomic E-state index is 6.80. The maximum Gasteiger partial charge on any atom is 0.192 e. The van der Waals surface area contributed by atoms with Gasteiger partial charge < -0.3 is 9.16 Å². The summed E-state index contributed by atoms with van der Waals surface area (Å²) in [6.45, 7) is 25.1. The molecule has 4 heteroatoms. The molecule has 142 valence electrons. The smallest absolute Gasteiger partial charge is 0.192 e. The first-order valence-corrected chi connectivity index (χ1v) is 16.1. The van der Waals surface area contributed by atoms with Gasteiger partial charge in [0.15, 0.2) is 8.32 Å². The van der Waals surface area contributed by atoms with Crippen molar-refractivity contribution in [2.45, 2.75) is 103 Å². The summed E-state index contributed by atoms with van der Waals surface area (Å²) < 4.78 is 13.5. The van der Waals surface area contributed by atoms with Crippen molar-refractivity contribution in [2.75, 3.05) is 0 Å². The zero-order valence-electron chi connectivity index (χ0n) is 18.3. The molecule has 0 aliphatic carbocycles. The van der Waals surface area contributed by atoms with Crippen LogP contribution in [0.3, 0.4) is 0 Å². The van der Waals surface area contributed by atoms with Gasteiger partial charge in [-0.3, -0.25) is 0 Å². The first-order chi connectivity index (χ1) is 11.0. The van der Waals surface area contributed by atoms with Crippen molar-refractivity contribution in [3.8, 4) is 11.5 Å². The van der Waals surface area contributed by atoms with Crippen LogP contribution < -0.4 is 0 Å². The summed E-state index contributed by atoms with van der Waals surface area (Å²) in [5.74, 6) is 3.91. The summed E-state index contributed by atoms with van der Waals surface area (Å²) in [6.07, 6.45) is 3.34. The third kappa shape index (κ3) is 3.85. The molecule has 2 bridgehead atoms. The minimum atomic E-state index is -1.83. The Labute approximate surface area is 157 Å². The van der Waals surface area contributed by atoms with Crippen LogP contribution in [0.1, 0.15) is 48.0 Å². The normalized spacial score (nSPS) is 32.6. The lowest BCUT2D eigenvalue weighted by Crippen LogP contribution is -2.49. The molecular formula is C21H38O2Si2. The van der Waals surface area contributed by atoms with Crippen LogP contribution in [-0.2, 0) is 9.16 Å². The Kier molecular flexibility index (Phi) is 5.10. The standard InChI is InChI=1S/C21H38O2Si2/c1-16(2)21-15-18(22-25(10,11)19(3,4)5)20(6,23-21)14-17(21)12-13-24(7,8)9/h14,16,18H,15H2,1-11H3/t18-,20+,21-/m1/s1. The number of fused-ring (bicyclic) bond motifs is 2. The lowest BCUT2D eigenvalue weighted by atomic mass is 9.75. The van der Waals surface area contributed by atoms with Crippen LogP contribution in [0.4, 0.5) is 0 Å². The number of ether oxygens (including phenoxy) is 1. The van der Waals surface area contributed by atoms with Crippen molar-refractivity contribution in [3.63, 3.8) is 0 Å². The predicted octanol–water partition coefficient (Wildman–Crippen LogP) is 5.77. The minimum absolute atomic E-state index is 0.133. The van der Waals surface area contributed by atoms with Gasteiger partial charge in [0.25, 0.3) is 0 Å². The fraction of sp³-hybridized carbons (Fsp3) is 0.810. The maximum absolute atomic E-state index is 6.80. The molecule has 2 rings (SSSR count). The van der Waals surface area contributed by atoms with Crippen LogP contribution in [-0.4, -0.2) is 33.7 Å². The monoisotopic (exact) mass is 378 g/mol. The van der Waals surface area contributed by atoms with Gasteiger partial charge in [0.2, 0.25) is 0 Å². The van der Waals surface area contributed by atoms with Gasteiger partial charge in [-0.25, -0.2) is 0 Å². The van der Waals surface area contributed by atoms with E-state index in [2.05, 4.69) is 91.8 Å². The Bertz CT molecular complexity index is 625. The Morgan fingerprint density at radius 1 is 1.20 bits per heavy atom. The highest BCUT2D eigenvalue weighted by molar-refractivity contribution is 6.83. The summed E-state index contributed by atoms with van der Waals surface area (Å²) in [5, 5.41) is 0.209. The molecule has 0 radical (unpaired) electrons. The fourth-order valence-electron chi connectivity index (χ4n) is 3.43. The molecule has 3 atom stereocenters. The first kappa shape index (κ1) is 21.0. The average molecular weight is 379 g/mol. The van der Waals surface area contributed by atoms with Crippen molar-refractivity contribution in [2.24, 2.45) is 5.92 Å². The molecule has 2 nitrogen and oxygen atoms in total. The van der Waals surface area contributed by atoms with Crippen molar-refractivity contribution < 1.29 is 9.16 Å². The molecule has 1 saturated heterocycles. The number of rotatable bonds is 3. The molecule has 2 aliphatic rings. The molecule has 0 unspecified atom stereocenters. The largest absolute Gasteiger partial charge is 0.411 e. The lowest BCUT2D eigenvalue weighted by molar-refractivity contribution is -0.0656. The molecule has 0 aromatic heterocycles. The average Bonchev–Trinajstić information content (AvgIpc) is 2.83. The van der Waals surface area contributed by atoms with Gasteiger partial charge in [0, 0.05) is 12.0 Å². The Balaban J connectivity index is 2.38. The number of hydrogen-bond donors (Lipinski definition) is 0. The Morgan fingerprint density at radius 2 is 1.76 bits per heavy atom. The second-order valence-corrected chi connectivity index (χ2v) is 20.5. The van der Waals surface area contributed by atoms with E-state index in [1.807, 2.05) is 0 Å². The van der Waals surface area contributed by atoms with Gasteiger partial charge in [0.1, 0.15) is 19.3 Å². The summed E-state index contributed by atoms with van der Waals surface area (Å²) in [6, 6.07) is 0. The highest BCUT2D eigenvalue weighted by Gasteiger charge is 2.62. The molecule has 2 aliphatic heterocycles. The lowest BCUT2D eigenvalue weighted by Gasteiger charge is -2.41. The van der Waals surface area contributed by atoms with Crippen LogP contribution in [0.5, 0.6) is 0 Å². The van der Waals surface area contributed by atoms with Gasteiger partial charge in [-0.1, -0.05) is 60.2 Å². The van der Waals surface area contributed by atoms with Crippen molar-refractivity contribution in [1.82, 2.24) is 0 Å². The van der Waals surface area contributed by atoms with Crippen LogP contribution in [0.2, 0.25) is 37.8 Å². The van der Waals surface area contributed by atoms with Crippen molar-refractivity contribution >= 4 is 16.4 Å². The van der Waals surface area contributed by atoms with Gasteiger partial charge in [-0.15, -0.1) is 5.54 Å². The molecule has 2 heterocycles. The van der Waals surface area contributed by atoms with Crippen molar-refractivity contribution in [1.29, 1.82) is 0 Å². The summed E-state index contributed by atoms with van der Waals surface area (Å²) in [4.78, 5) is 0. The van der Waals surface area contributed by atoms with E-state index in [-0.39, 0.29) is 22.3 Å². The minimum Gasteiger partial charge on any atom is -0.411 e. The third-order valence-electron chi connectivity index (χ3n) is 6.16. The SMILES string of the molecule is CC(C)[C@]12C[C@@H](O[Si](C)(C)C(C)(C)C)[C@](C)(C=C1C#C[Si](C)(C)C)O2. The van der Waals surface area contributed by atoms with E-state index in [4.69, 9.17) is 9.16 Å². The second kappa shape index (κ2) is 6.09. The van der Waals surface area contributed by atoms with Gasteiger partial charge >= 0.3 is 0 Å². The molecule has 0 saturated carbocycles. The predicted molar refractivity (Wildman–Crippen MR) is 113 cm³/mol. The first-order valence-electron chi connectivity index (χ1n) is 9.67. The Hall–Kier alpha value is -0.346. The number of hydrogen-bond acceptors (Lipinski definition) is 2. The molecule has 0 aromatic carbocycles. The van der Waals surface area contributed by atoms with Crippen LogP contribution in [0.15, 0.2) is 11.6 Å². The van der Waals surface area contributed by atoms with E-state index >= 15 is 0 Å². The fourth-order valence-corrected chi connectivity index (χ4v) is 5.32. The van der Waals surface area contributed by atoms with Crippen LogP contribution in [0, 0.1) is 17.4 Å². The summed E-state index contributed by atoms with van der Waals surface area (Å²) in [5.41, 5.74) is 4.12. The van der Waals surface area contributed by atoms with Gasteiger partial charge in [-0.05, 0) is 37.0 Å². The molecule has 0 aromatic rings. The highest BCUT2D eigenvalue weighted by Crippen LogP contribution is 2.55. The van der Waals surface area contributed by atoms with E-state index in [1.165, 1.54) is 5.57 Å². The molecule has 25 heavy (non-hydrogen) atoms. The molecule has 0 N–H and O–H groups in total. The van der Waals surface area contributed by atoms with E-state index < -0.39 is 16.4 Å². The highest BCUT2D eigenvalue weighted by atomic mass is 28.4. The molecule has 1 fully saturated rings. The molecule has 0 spiro atoms. The zero-order valence-corrected chi connectivity index (χ0v) is 20.3. The van der Waals surface area contributed by atoms with Crippen LogP contribution in [0.25, 0.3) is 0 Å². The Morgan fingerprint density at radius 3 is 2.20 bits per heavy atom. The van der Waals surface area contributed by atoms with Crippen molar-refractivity contribution in [3.05, 3.63) is 11.6 Å². The molecule has 0 amide bonds. The molecular weight excluding hydrogens is 340 g/mol.